The summed E-state index contributed by atoms with van der Waals surface area (Å²) in [5, 5.41) is 8.17. The summed E-state index contributed by atoms with van der Waals surface area (Å²) >= 11 is 6.02. The van der Waals surface area contributed by atoms with Crippen LogP contribution in [0.5, 0.6) is 11.5 Å². The van der Waals surface area contributed by atoms with E-state index in [1.54, 1.807) is 0 Å². The summed E-state index contributed by atoms with van der Waals surface area (Å²) in [6.45, 7) is 4.63. The van der Waals surface area contributed by atoms with Gasteiger partial charge in [-0.1, -0.05) is 11.6 Å². The third kappa shape index (κ3) is 2.91. The molecular formula is C14H18ClN3O. The molecule has 0 aliphatic rings. The van der Waals surface area contributed by atoms with Crippen LogP contribution in [0.25, 0.3) is 0 Å². The summed E-state index contributed by atoms with van der Waals surface area (Å²) in [6.07, 6.45) is 0. The van der Waals surface area contributed by atoms with E-state index in [1.165, 1.54) is 0 Å². The van der Waals surface area contributed by atoms with E-state index in [0.29, 0.717) is 11.6 Å². The van der Waals surface area contributed by atoms with Gasteiger partial charge in [-0.05, 0) is 39.1 Å². The molecule has 0 atom stereocenters. The fourth-order valence-corrected chi connectivity index (χ4v) is 2.18. The first-order valence-corrected chi connectivity index (χ1v) is 6.51. The van der Waals surface area contributed by atoms with E-state index in [2.05, 4.69) is 10.4 Å². The molecule has 0 bridgehead atoms. The number of hydrogen-bond acceptors (Lipinski definition) is 3. The Bertz CT molecular complexity index is 593. The van der Waals surface area contributed by atoms with Crippen molar-refractivity contribution in [3.8, 4) is 11.5 Å². The second-order valence-corrected chi connectivity index (χ2v) is 4.94. The normalized spacial score (nSPS) is 10.8. The van der Waals surface area contributed by atoms with E-state index in [4.69, 9.17) is 16.3 Å². The van der Waals surface area contributed by atoms with Crippen LogP contribution in [0.1, 0.15) is 17.0 Å². The van der Waals surface area contributed by atoms with Gasteiger partial charge in [0.25, 0.3) is 0 Å². The second kappa shape index (κ2) is 5.63. The first kappa shape index (κ1) is 13.9. The Labute approximate surface area is 118 Å². The summed E-state index contributed by atoms with van der Waals surface area (Å²) in [5.41, 5.74) is 2.91. The average molecular weight is 280 g/mol. The van der Waals surface area contributed by atoms with Crippen LogP contribution in [0.3, 0.4) is 0 Å². The van der Waals surface area contributed by atoms with Crippen molar-refractivity contribution in [1.29, 1.82) is 0 Å². The topological polar surface area (TPSA) is 39.1 Å². The standard InChI is InChI=1S/C14H18ClN3O/c1-9-14(10(2)18(4)17-9)19-13-6-5-12(15)7-11(13)8-16-3/h5-7,16H,8H2,1-4H3. The fourth-order valence-electron chi connectivity index (χ4n) is 1.99. The molecule has 1 heterocycles. The highest BCUT2D eigenvalue weighted by atomic mass is 35.5. The third-order valence-electron chi connectivity index (χ3n) is 3.04. The number of nitrogens with one attached hydrogen (secondary N) is 1. The Morgan fingerprint density at radius 3 is 2.68 bits per heavy atom. The van der Waals surface area contributed by atoms with Crippen LogP contribution in [0.15, 0.2) is 18.2 Å². The lowest BCUT2D eigenvalue weighted by Crippen LogP contribution is -2.06. The molecule has 1 N–H and O–H groups in total. The number of rotatable bonds is 4. The molecule has 0 radical (unpaired) electrons. The predicted molar refractivity (Wildman–Crippen MR) is 77.0 cm³/mol. The van der Waals surface area contributed by atoms with Gasteiger partial charge >= 0.3 is 0 Å². The van der Waals surface area contributed by atoms with Gasteiger partial charge in [0.15, 0.2) is 5.75 Å². The van der Waals surface area contributed by atoms with E-state index in [0.717, 1.165) is 28.5 Å². The van der Waals surface area contributed by atoms with E-state index < -0.39 is 0 Å². The minimum Gasteiger partial charge on any atom is -0.453 e. The number of nitrogens with zero attached hydrogens (tertiary/aromatic N) is 2. The van der Waals surface area contributed by atoms with Crippen molar-refractivity contribution in [2.45, 2.75) is 20.4 Å². The highest BCUT2D eigenvalue weighted by Crippen LogP contribution is 2.31. The molecule has 1 aromatic heterocycles. The molecule has 0 aliphatic heterocycles. The molecule has 5 heteroatoms. The predicted octanol–water partition coefficient (Wildman–Crippen LogP) is 3.20. The lowest BCUT2D eigenvalue weighted by atomic mass is 10.2. The zero-order chi connectivity index (χ0) is 14.0. The maximum absolute atomic E-state index is 6.02. The summed E-state index contributed by atoms with van der Waals surface area (Å²) in [6, 6.07) is 5.63. The quantitative estimate of drug-likeness (QED) is 0.934. The smallest absolute Gasteiger partial charge is 0.171 e. The molecule has 4 nitrogen and oxygen atoms in total. The van der Waals surface area contributed by atoms with E-state index in [9.17, 15) is 0 Å². The molecule has 0 aliphatic carbocycles. The Kier molecular flexibility index (Phi) is 4.12. The van der Waals surface area contributed by atoms with E-state index in [1.807, 2.05) is 50.8 Å². The largest absolute Gasteiger partial charge is 0.453 e. The number of ether oxygens (including phenoxy) is 1. The van der Waals surface area contributed by atoms with E-state index >= 15 is 0 Å². The molecule has 0 saturated carbocycles. The maximum Gasteiger partial charge on any atom is 0.171 e. The molecule has 2 aromatic rings. The fraction of sp³-hybridized carbons (Fsp3) is 0.357. The molecule has 19 heavy (non-hydrogen) atoms. The molecule has 1 aromatic carbocycles. The van der Waals surface area contributed by atoms with Crippen molar-refractivity contribution in [3.05, 3.63) is 40.2 Å². The van der Waals surface area contributed by atoms with Gasteiger partial charge < -0.3 is 10.1 Å². The zero-order valence-electron chi connectivity index (χ0n) is 11.6. The van der Waals surface area contributed by atoms with Crippen molar-refractivity contribution in [3.63, 3.8) is 0 Å². The SMILES string of the molecule is CNCc1cc(Cl)ccc1Oc1c(C)nn(C)c1C. The van der Waals surface area contributed by atoms with Crippen molar-refractivity contribution in [1.82, 2.24) is 15.1 Å². The van der Waals surface area contributed by atoms with Crippen LogP contribution in [0.4, 0.5) is 0 Å². The zero-order valence-corrected chi connectivity index (χ0v) is 12.4. The molecule has 102 valence electrons. The number of hydrogen-bond donors (Lipinski definition) is 1. The minimum atomic E-state index is 0.703. The average Bonchev–Trinajstić information content (AvgIpc) is 2.59. The van der Waals surface area contributed by atoms with Gasteiger partial charge in [-0.15, -0.1) is 0 Å². The number of halogens is 1. The Morgan fingerprint density at radius 1 is 1.37 bits per heavy atom. The molecule has 0 spiro atoms. The summed E-state index contributed by atoms with van der Waals surface area (Å²) in [4.78, 5) is 0. The Morgan fingerprint density at radius 2 is 2.11 bits per heavy atom. The number of aryl methyl sites for hydroxylation is 2. The van der Waals surface area contributed by atoms with Crippen molar-refractivity contribution in [2.75, 3.05) is 7.05 Å². The van der Waals surface area contributed by atoms with Gasteiger partial charge in [0.05, 0.1) is 5.69 Å². The first-order valence-electron chi connectivity index (χ1n) is 6.14. The third-order valence-corrected chi connectivity index (χ3v) is 3.28. The van der Waals surface area contributed by atoms with Crippen LogP contribution in [-0.4, -0.2) is 16.8 Å². The number of aromatic nitrogens is 2. The van der Waals surface area contributed by atoms with Crippen LogP contribution < -0.4 is 10.1 Å². The van der Waals surface area contributed by atoms with Crippen molar-refractivity contribution < 1.29 is 4.74 Å². The van der Waals surface area contributed by atoms with Gasteiger partial charge in [-0.25, -0.2) is 0 Å². The summed E-state index contributed by atoms with van der Waals surface area (Å²) < 4.78 is 7.84. The van der Waals surface area contributed by atoms with Gasteiger partial charge in [0, 0.05) is 24.2 Å². The van der Waals surface area contributed by atoms with Crippen LogP contribution in [-0.2, 0) is 13.6 Å². The lowest BCUT2D eigenvalue weighted by Gasteiger charge is -2.11. The summed E-state index contributed by atoms with van der Waals surface area (Å²) in [5.74, 6) is 1.61. The van der Waals surface area contributed by atoms with E-state index in [-0.39, 0.29) is 0 Å². The second-order valence-electron chi connectivity index (χ2n) is 4.51. The molecule has 0 amide bonds. The van der Waals surface area contributed by atoms with Crippen molar-refractivity contribution >= 4 is 11.6 Å². The summed E-state index contributed by atoms with van der Waals surface area (Å²) in [7, 11) is 3.80. The molecule has 0 fully saturated rings. The highest BCUT2D eigenvalue weighted by molar-refractivity contribution is 6.30. The molecular weight excluding hydrogens is 262 g/mol. The maximum atomic E-state index is 6.02. The first-order chi connectivity index (χ1) is 9.02. The molecule has 0 unspecified atom stereocenters. The van der Waals surface area contributed by atoms with Gasteiger partial charge in [-0.2, -0.15) is 5.10 Å². The van der Waals surface area contributed by atoms with Gasteiger partial charge in [-0.3, -0.25) is 4.68 Å². The van der Waals surface area contributed by atoms with Crippen molar-refractivity contribution in [2.24, 2.45) is 7.05 Å². The number of benzene rings is 1. The Hall–Kier alpha value is -1.52. The van der Waals surface area contributed by atoms with Gasteiger partial charge in [0.1, 0.15) is 11.4 Å². The van der Waals surface area contributed by atoms with Crippen LogP contribution in [0.2, 0.25) is 5.02 Å². The Balaban J connectivity index is 2.37. The monoisotopic (exact) mass is 279 g/mol. The van der Waals surface area contributed by atoms with Crippen LogP contribution in [0, 0.1) is 13.8 Å². The van der Waals surface area contributed by atoms with Gasteiger partial charge in [0.2, 0.25) is 0 Å². The minimum absolute atomic E-state index is 0.703. The lowest BCUT2D eigenvalue weighted by molar-refractivity contribution is 0.466. The highest BCUT2D eigenvalue weighted by Gasteiger charge is 2.13. The van der Waals surface area contributed by atoms with Crippen LogP contribution >= 0.6 is 11.6 Å². The molecule has 2 rings (SSSR count). The molecule has 0 saturated heterocycles.